The summed E-state index contributed by atoms with van der Waals surface area (Å²) in [6.45, 7) is 2.32. The van der Waals surface area contributed by atoms with Crippen molar-refractivity contribution in [1.29, 1.82) is 5.26 Å². The highest BCUT2D eigenvalue weighted by molar-refractivity contribution is 8.14. The van der Waals surface area contributed by atoms with Gasteiger partial charge in [0.15, 0.2) is 5.17 Å². The highest BCUT2D eigenvalue weighted by Gasteiger charge is 2.39. The lowest BCUT2D eigenvalue weighted by Gasteiger charge is -2.33. The average Bonchev–Trinajstić information content (AvgIpc) is 2.83. The van der Waals surface area contributed by atoms with E-state index in [0.29, 0.717) is 10.6 Å². The summed E-state index contributed by atoms with van der Waals surface area (Å²) >= 11 is 7.99. The minimum absolute atomic E-state index is 0.129. The molecule has 0 bridgehead atoms. The minimum Gasteiger partial charge on any atom is -0.334 e. The van der Waals surface area contributed by atoms with Gasteiger partial charge in [-0.3, -0.25) is 4.99 Å². The predicted octanol–water partition coefficient (Wildman–Crippen LogP) is 4.68. The van der Waals surface area contributed by atoms with Crippen molar-refractivity contribution in [3.8, 4) is 6.07 Å². The zero-order valence-corrected chi connectivity index (χ0v) is 13.6. The van der Waals surface area contributed by atoms with E-state index in [2.05, 4.69) is 18.3 Å². The Kier molecular flexibility index (Phi) is 4.14. The number of nitrogens with one attached hydrogen (secondary N) is 1. The van der Waals surface area contributed by atoms with Crippen molar-refractivity contribution >= 4 is 34.2 Å². The Morgan fingerprint density at radius 3 is 3.10 bits per heavy atom. The van der Waals surface area contributed by atoms with Crippen LogP contribution < -0.4 is 5.32 Å². The van der Waals surface area contributed by atoms with E-state index in [9.17, 15) is 0 Å². The molecule has 2 unspecified atom stereocenters. The van der Waals surface area contributed by atoms with Gasteiger partial charge in [-0.1, -0.05) is 43.1 Å². The van der Waals surface area contributed by atoms with E-state index in [-0.39, 0.29) is 5.54 Å². The number of hydrogen-bond acceptors (Lipinski definition) is 4. The first-order chi connectivity index (χ1) is 10.1. The van der Waals surface area contributed by atoms with E-state index in [1.54, 1.807) is 23.9 Å². The molecular formula is C16H18ClN3S. The first kappa shape index (κ1) is 14.7. The molecule has 1 fully saturated rings. The van der Waals surface area contributed by atoms with Gasteiger partial charge in [0.25, 0.3) is 0 Å². The minimum atomic E-state index is 0.129. The largest absolute Gasteiger partial charge is 0.334 e. The van der Waals surface area contributed by atoms with E-state index >= 15 is 0 Å². The maximum atomic E-state index is 8.87. The molecule has 1 heterocycles. The molecule has 0 radical (unpaired) electrons. The molecule has 1 N–H and O–H groups in total. The molecular weight excluding hydrogens is 302 g/mol. The lowest BCUT2D eigenvalue weighted by Crippen LogP contribution is -2.33. The number of aliphatic imine (C=N–C) groups is 1. The smallest absolute Gasteiger partial charge is 0.161 e. The molecule has 1 saturated carbocycles. The van der Waals surface area contributed by atoms with Crippen LogP contribution in [0.2, 0.25) is 5.02 Å². The lowest BCUT2D eigenvalue weighted by molar-refractivity contribution is 0.266. The van der Waals surface area contributed by atoms with Crippen molar-refractivity contribution < 1.29 is 0 Å². The number of nitrogens with zero attached hydrogens (tertiary/aromatic N) is 2. The molecule has 2 atom stereocenters. The normalized spacial score (nSPS) is 28.2. The molecule has 0 aromatic heterocycles. The van der Waals surface area contributed by atoms with Crippen LogP contribution in [0.4, 0.5) is 5.69 Å². The van der Waals surface area contributed by atoms with Crippen molar-refractivity contribution in [1.82, 2.24) is 0 Å². The zero-order chi connectivity index (χ0) is 14.9. The van der Waals surface area contributed by atoms with Crippen LogP contribution in [-0.4, -0.2) is 16.5 Å². The van der Waals surface area contributed by atoms with Gasteiger partial charge in [-0.25, -0.2) is 0 Å². The number of thioether (sulfide) groups is 1. The first-order valence-corrected chi connectivity index (χ1v) is 8.66. The Balaban J connectivity index is 1.76. The van der Waals surface area contributed by atoms with Gasteiger partial charge in [-0.15, -0.1) is 0 Å². The van der Waals surface area contributed by atoms with Crippen molar-refractivity contribution in [3.63, 3.8) is 0 Å². The van der Waals surface area contributed by atoms with Gasteiger partial charge in [0, 0.05) is 5.75 Å². The number of benzene rings is 1. The fraction of sp³-hybridized carbons (Fsp3) is 0.500. The summed E-state index contributed by atoms with van der Waals surface area (Å²) in [5, 5.41) is 13.7. The molecule has 1 aromatic rings. The van der Waals surface area contributed by atoms with Crippen LogP contribution in [0.25, 0.3) is 0 Å². The van der Waals surface area contributed by atoms with Crippen molar-refractivity contribution in [2.24, 2.45) is 10.9 Å². The third-order valence-electron chi connectivity index (χ3n) is 4.22. The summed E-state index contributed by atoms with van der Waals surface area (Å²) in [4.78, 5) is 4.95. The van der Waals surface area contributed by atoms with E-state index in [0.717, 1.165) is 22.5 Å². The SMILES string of the molecule is CC1CCCC2(CSC(Nc3ccc(C#N)cc3Cl)=N2)C1. The van der Waals surface area contributed by atoms with Crippen LogP contribution in [0.15, 0.2) is 23.2 Å². The summed E-state index contributed by atoms with van der Waals surface area (Å²) in [6.07, 6.45) is 4.98. The second kappa shape index (κ2) is 5.90. The Bertz CT molecular complexity index is 622. The average molecular weight is 320 g/mol. The standard InChI is InChI=1S/C16H18ClN3S/c1-11-3-2-6-16(8-11)10-21-15(20-16)19-14-5-4-12(9-18)7-13(14)17/h4-5,7,11H,2-3,6,8,10H2,1H3,(H,19,20). The predicted molar refractivity (Wildman–Crippen MR) is 90.0 cm³/mol. The molecule has 5 heteroatoms. The summed E-state index contributed by atoms with van der Waals surface area (Å²) in [5.74, 6) is 1.83. The van der Waals surface area contributed by atoms with Crippen LogP contribution in [0, 0.1) is 17.2 Å². The number of halogens is 1. The monoisotopic (exact) mass is 319 g/mol. The van der Waals surface area contributed by atoms with Gasteiger partial charge in [0.1, 0.15) is 0 Å². The second-order valence-electron chi connectivity index (χ2n) is 6.06. The Morgan fingerprint density at radius 1 is 1.52 bits per heavy atom. The second-order valence-corrected chi connectivity index (χ2v) is 7.43. The maximum Gasteiger partial charge on any atom is 0.161 e. The zero-order valence-electron chi connectivity index (χ0n) is 12.0. The van der Waals surface area contributed by atoms with Gasteiger partial charge >= 0.3 is 0 Å². The molecule has 1 aliphatic carbocycles. The summed E-state index contributed by atoms with van der Waals surface area (Å²) < 4.78 is 0. The quantitative estimate of drug-likeness (QED) is 0.818. The van der Waals surface area contributed by atoms with Gasteiger partial charge < -0.3 is 5.32 Å². The number of hydrogen-bond donors (Lipinski definition) is 1. The molecule has 21 heavy (non-hydrogen) atoms. The fourth-order valence-corrected chi connectivity index (χ4v) is 4.61. The van der Waals surface area contributed by atoms with Crippen molar-refractivity contribution in [2.75, 3.05) is 11.1 Å². The van der Waals surface area contributed by atoms with Crippen LogP contribution in [0.5, 0.6) is 0 Å². The van der Waals surface area contributed by atoms with E-state index in [4.69, 9.17) is 21.9 Å². The first-order valence-electron chi connectivity index (χ1n) is 7.30. The van der Waals surface area contributed by atoms with Gasteiger partial charge in [-0.2, -0.15) is 5.26 Å². The van der Waals surface area contributed by atoms with Crippen LogP contribution >= 0.6 is 23.4 Å². The van der Waals surface area contributed by atoms with Crippen molar-refractivity contribution in [3.05, 3.63) is 28.8 Å². The number of rotatable bonds is 1. The number of anilines is 1. The van der Waals surface area contributed by atoms with Gasteiger partial charge in [-0.05, 0) is 37.0 Å². The Morgan fingerprint density at radius 2 is 2.38 bits per heavy atom. The molecule has 3 nitrogen and oxygen atoms in total. The molecule has 0 amide bonds. The third-order valence-corrected chi connectivity index (χ3v) is 5.68. The van der Waals surface area contributed by atoms with E-state index in [1.807, 2.05) is 6.07 Å². The molecule has 1 aromatic carbocycles. The topological polar surface area (TPSA) is 48.2 Å². The molecule has 2 aliphatic rings. The Hall–Kier alpha value is -1.18. The molecule has 0 saturated heterocycles. The van der Waals surface area contributed by atoms with E-state index < -0.39 is 0 Å². The van der Waals surface area contributed by atoms with Gasteiger partial charge in [0.05, 0.1) is 27.9 Å². The van der Waals surface area contributed by atoms with Crippen LogP contribution in [0.3, 0.4) is 0 Å². The highest BCUT2D eigenvalue weighted by Crippen LogP contribution is 2.42. The molecule has 3 rings (SSSR count). The molecule has 1 aliphatic heterocycles. The van der Waals surface area contributed by atoms with Crippen LogP contribution in [-0.2, 0) is 0 Å². The maximum absolute atomic E-state index is 8.87. The van der Waals surface area contributed by atoms with Crippen molar-refractivity contribution in [2.45, 2.75) is 38.1 Å². The van der Waals surface area contributed by atoms with Crippen LogP contribution in [0.1, 0.15) is 38.2 Å². The number of amidine groups is 1. The highest BCUT2D eigenvalue weighted by atomic mass is 35.5. The molecule has 110 valence electrons. The lowest BCUT2D eigenvalue weighted by atomic mass is 9.78. The molecule has 1 spiro atoms. The van der Waals surface area contributed by atoms with E-state index in [1.165, 1.54) is 25.7 Å². The summed E-state index contributed by atoms with van der Waals surface area (Å²) in [6, 6.07) is 7.39. The van der Waals surface area contributed by atoms with Gasteiger partial charge in [0.2, 0.25) is 0 Å². The summed E-state index contributed by atoms with van der Waals surface area (Å²) in [5.41, 5.74) is 1.52. The Labute approximate surface area is 134 Å². The fourth-order valence-electron chi connectivity index (χ4n) is 3.21. The number of nitriles is 1. The third kappa shape index (κ3) is 3.20. The summed E-state index contributed by atoms with van der Waals surface area (Å²) in [7, 11) is 0.